The molecule has 3 fully saturated rings. The van der Waals surface area contributed by atoms with Crippen LogP contribution in [-0.4, -0.2) is 107 Å². The number of carbonyl (C=O) groups is 2. The molecule has 3 amide bonds. The van der Waals surface area contributed by atoms with E-state index in [2.05, 4.69) is 41.4 Å². The van der Waals surface area contributed by atoms with Gasteiger partial charge < -0.3 is 15.0 Å². The molecule has 2 N–H and O–H groups in total. The minimum absolute atomic E-state index is 0.0196. The number of amides is 3. The highest BCUT2D eigenvalue weighted by Gasteiger charge is 2.30. The number of rotatable bonds is 11. The van der Waals surface area contributed by atoms with E-state index >= 15 is 0 Å². The van der Waals surface area contributed by atoms with Crippen molar-refractivity contribution in [2.45, 2.75) is 57.1 Å². The Hall–Kier alpha value is -3.96. The summed E-state index contributed by atoms with van der Waals surface area (Å²) in [6, 6.07) is 3.59. The number of anilines is 2. The van der Waals surface area contributed by atoms with Crippen LogP contribution in [0.5, 0.6) is 5.75 Å². The maximum atomic E-state index is 13.0. The number of sulfonamides is 1. The van der Waals surface area contributed by atoms with Crippen molar-refractivity contribution in [3.05, 3.63) is 42.5 Å². The van der Waals surface area contributed by atoms with E-state index < -0.39 is 22.7 Å². The quantitative estimate of drug-likeness (QED) is 0.314. The minimum atomic E-state index is -3.38. The number of pyridine rings is 1. The van der Waals surface area contributed by atoms with E-state index in [1.807, 2.05) is 12.3 Å². The number of nitrogens with zero attached hydrogens (tertiary/aromatic N) is 7. The average Bonchev–Trinajstić information content (AvgIpc) is 3.45. The molecule has 6 heterocycles. The highest BCUT2D eigenvalue weighted by Crippen LogP contribution is 2.31. The van der Waals surface area contributed by atoms with Crippen LogP contribution in [0.4, 0.5) is 25.2 Å². The summed E-state index contributed by atoms with van der Waals surface area (Å²) in [7, 11) is -3.38. The lowest BCUT2D eigenvalue weighted by atomic mass is 9.90. The third-order valence-electron chi connectivity index (χ3n) is 8.83. The van der Waals surface area contributed by atoms with Gasteiger partial charge >= 0.3 is 12.6 Å². The van der Waals surface area contributed by atoms with Gasteiger partial charge in [0, 0.05) is 38.3 Å². The number of ether oxygens (including phenoxy) is 1. The highest BCUT2D eigenvalue weighted by atomic mass is 32.2. The fourth-order valence-electron chi connectivity index (χ4n) is 6.33. The van der Waals surface area contributed by atoms with Crippen molar-refractivity contribution in [3.63, 3.8) is 0 Å². The molecule has 248 valence electrons. The first-order chi connectivity index (χ1) is 22.1. The van der Waals surface area contributed by atoms with E-state index in [0.29, 0.717) is 57.0 Å². The first-order valence-corrected chi connectivity index (χ1v) is 17.1. The summed E-state index contributed by atoms with van der Waals surface area (Å²) in [4.78, 5) is 35.6. The van der Waals surface area contributed by atoms with Gasteiger partial charge in [0.2, 0.25) is 21.9 Å². The molecule has 0 unspecified atom stereocenters. The number of carbonyl (C=O) groups excluding carboxylic acids is 2. The summed E-state index contributed by atoms with van der Waals surface area (Å²) in [6.45, 7) is 0.639. The lowest BCUT2D eigenvalue weighted by Gasteiger charge is -2.33. The first kappa shape index (κ1) is 32.0. The third-order valence-corrected chi connectivity index (χ3v) is 10.8. The summed E-state index contributed by atoms with van der Waals surface area (Å²) in [6.07, 6.45) is 9.89. The summed E-state index contributed by atoms with van der Waals surface area (Å²) in [5.41, 5.74) is 2.64. The Balaban J connectivity index is 0.921. The molecule has 0 spiro atoms. The van der Waals surface area contributed by atoms with Crippen molar-refractivity contribution in [1.82, 2.24) is 34.1 Å². The highest BCUT2D eigenvalue weighted by molar-refractivity contribution is 7.89. The van der Waals surface area contributed by atoms with Gasteiger partial charge in [0.1, 0.15) is 0 Å². The molecule has 0 aromatic carbocycles. The monoisotopic (exact) mass is 661 g/mol. The van der Waals surface area contributed by atoms with Crippen LogP contribution in [0.3, 0.4) is 0 Å². The Labute approximate surface area is 265 Å². The second kappa shape index (κ2) is 13.8. The maximum absolute atomic E-state index is 13.0. The van der Waals surface area contributed by atoms with Crippen LogP contribution < -0.4 is 20.3 Å². The van der Waals surface area contributed by atoms with Crippen LogP contribution in [-0.2, 0) is 14.8 Å². The predicted molar refractivity (Wildman–Crippen MR) is 164 cm³/mol. The first-order valence-electron chi connectivity index (χ1n) is 15.5. The zero-order valence-corrected chi connectivity index (χ0v) is 26.0. The third kappa shape index (κ3) is 7.53. The number of likely N-dealkylation sites (tertiary alicyclic amines) is 1. The molecule has 6 rings (SSSR count). The number of urea groups is 1. The summed E-state index contributed by atoms with van der Waals surface area (Å²) in [5, 5.41) is 9.94. The van der Waals surface area contributed by atoms with Crippen LogP contribution in [0.2, 0.25) is 0 Å². The summed E-state index contributed by atoms with van der Waals surface area (Å²) in [5.74, 6) is 0.341. The summed E-state index contributed by atoms with van der Waals surface area (Å²) < 4.78 is 58.3. The minimum Gasteiger partial charge on any atom is -0.432 e. The fourth-order valence-corrected chi connectivity index (χ4v) is 7.85. The van der Waals surface area contributed by atoms with Crippen molar-refractivity contribution in [1.29, 1.82) is 0 Å². The molecular weight excluding hydrogens is 624 g/mol. The zero-order valence-electron chi connectivity index (χ0n) is 25.2. The van der Waals surface area contributed by atoms with Gasteiger partial charge in [-0.05, 0) is 69.3 Å². The molecule has 0 bridgehead atoms. The van der Waals surface area contributed by atoms with Crippen LogP contribution in [0.1, 0.15) is 50.0 Å². The maximum Gasteiger partial charge on any atom is 0.387 e. The van der Waals surface area contributed by atoms with Crippen LogP contribution in [0.25, 0.3) is 5.52 Å². The van der Waals surface area contributed by atoms with Gasteiger partial charge in [-0.25, -0.2) is 32.0 Å². The van der Waals surface area contributed by atoms with Gasteiger partial charge in [-0.15, -0.1) is 0 Å². The van der Waals surface area contributed by atoms with Crippen molar-refractivity contribution < 1.29 is 31.5 Å². The van der Waals surface area contributed by atoms with E-state index in [4.69, 9.17) is 0 Å². The molecule has 3 saturated heterocycles. The Bertz CT molecular complexity index is 1640. The van der Waals surface area contributed by atoms with Gasteiger partial charge in [-0.3, -0.25) is 15.0 Å². The van der Waals surface area contributed by atoms with Gasteiger partial charge in [0.05, 0.1) is 35.5 Å². The Kier molecular flexibility index (Phi) is 9.60. The summed E-state index contributed by atoms with van der Waals surface area (Å²) >= 11 is 0. The number of hydrogen-bond acceptors (Lipinski definition) is 10. The second-order valence-corrected chi connectivity index (χ2v) is 13.9. The molecule has 46 heavy (non-hydrogen) atoms. The molecule has 0 atom stereocenters. The number of nitrogens with one attached hydrogen (secondary N) is 2. The molecule has 17 heteroatoms. The van der Waals surface area contributed by atoms with E-state index in [9.17, 15) is 26.8 Å². The molecule has 0 radical (unpaired) electrons. The smallest absolute Gasteiger partial charge is 0.387 e. The Morgan fingerprint density at radius 1 is 1.00 bits per heavy atom. The number of aromatic nitrogens is 4. The number of alkyl halides is 2. The van der Waals surface area contributed by atoms with Crippen molar-refractivity contribution in [3.8, 4) is 5.75 Å². The van der Waals surface area contributed by atoms with Gasteiger partial charge in [0.15, 0.2) is 5.75 Å². The van der Waals surface area contributed by atoms with Crippen LogP contribution >= 0.6 is 0 Å². The van der Waals surface area contributed by atoms with E-state index in [1.54, 1.807) is 15.0 Å². The van der Waals surface area contributed by atoms with Gasteiger partial charge in [-0.1, -0.05) is 6.07 Å². The van der Waals surface area contributed by atoms with Crippen molar-refractivity contribution >= 4 is 39.1 Å². The fraction of sp³-hybridized carbons (Fsp3) is 0.552. The largest absolute Gasteiger partial charge is 0.432 e. The molecule has 0 saturated carbocycles. The molecule has 3 aliphatic rings. The molecule has 3 aromatic heterocycles. The number of hydrogen-bond donors (Lipinski definition) is 2. The standard InChI is InChI=1S/C29H37F2N9O5S/c30-27(31)45-23-16-32-28(33-17-23)35-22-6-12-38(13-7-22)46(43,44)15-1-9-37-10-4-20(5-11-37)21-2-3-24-25(18-34-40(24)19-21)39-14-8-26(41)36-29(39)42/h2-3,16-20,22,27H,1,4-15H2,(H,32,33,35)(H,36,41,42). The lowest BCUT2D eigenvalue weighted by molar-refractivity contribution is -0.120. The number of fused-ring (bicyclic) bond motifs is 1. The van der Waals surface area contributed by atoms with Crippen molar-refractivity contribution in [2.75, 3.05) is 55.2 Å². The second-order valence-electron chi connectivity index (χ2n) is 11.8. The number of halogens is 2. The Morgan fingerprint density at radius 3 is 2.43 bits per heavy atom. The van der Waals surface area contributed by atoms with Crippen LogP contribution in [0.15, 0.2) is 36.9 Å². The predicted octanol–water partition coefficient (Wildman–Crippen LogP) is 2.65. The number of piperidine rings is 2. The van der Waals surface area contributed by atoms with Gasteiger partial charge in [-0.2, -0.15) is 13.9 Å². The lowest BCUT2D eigenvalue weighted by Crippen LogP contribution is -2.49. The topological polar surface area (TPSA) is 154 Å². The Morgan fingerprint density at radius 2 is 1.74 bits per heavy atom. The number of imide groups is 1. The zero-order chi connectivity index (χ0) is 32.3. The van der Waals surface area contributed by atoms with Crippen molar-refractivity contribution in [2.24, 2.45) is 0 Å². The van der Waals surface area contributed by atoms with E-state index in [1.165, 1.54) is 22.9 Å². The van der Waals surface area contributed by atoms with Gasteiger partial charge in [0.25, 0.3) is 0 Å². The normalized spacial score (nSPS) is 19.6. The molecule has 0 aliphatic carbocycles. The molecule has 3 aliphatic heterocycles. The SMILES string of the molecule is O=C1CCN(c2cnn3cc(C4CCN(CCCS(=O)(=O)N5CCC(Nc6ncc(OC(F)F)cn6)CC5)CC4)ccc23)C(=O)N1. The van der Waals surface area contributed by atoms with E-state index in [0.717, 1.165) is 31.4 Å². The van der Waals surface area contributed by atoms with E-state index in [-0.39, 0.29) is 35.8 Å². The molecule has 3 aromatic rings. The van der Waals surface area contributed by atoms with Crippen LogP contribution in [0, 0.1) is 0 Å². The average molecular weight is 662 g/mol. The molecular formula is C29H37F2N9O5S. The molecule has 14 nitrogen and oxygen atoms in total.